The van der Waals surface area contributed by atoms with Crippen molar-refractivity contribution in [3.63, 3.8) is 0 Å². The summed E-state index contributed by atoms with van der Waals surface area (Å²) >= 11 is 1.25. The van der Waals surface area contributed by atoms with Gasteiger partial charge >= 0.3 is 0 Å². The summed E-state index contributed by atoms with van der Waals surface area (Å²) < 4.78 is 27.2. The number of likely N-dealkylation sites (N-methyl/N-ethyl adjacent to an activating group) is 2. The Morgan fingerprint density at radius 1 is 1.48 bits per heavy atom. The molecule has 0 spiro atoms. The first-order valence-electron chi connectivity index (χ1n) is 7.36. The molecule has 1 aliphatic heterocycles. The van der Waals surface area contributed by atoms with Gasteiger partial charge in [0.1, 0.15) is 10.3 Å². The van der Waals surface area contributed by atoms with Crippen molar-refractivity contribution in [2.45, 2.75) is 30.0 Å². The summed E-state index contributed by atoms with van der Waals surface area (Å²) in [5.41, 5.74) is 0. The first kappa shape index (κ1) is 20.4. The van der Waals surface area contributed by atoms with Gasteiger partial charge in [0.25, 0.3) is 10.0 Å². The lowest BCUT2D eigenvalue weighted by molar-refractivity contribution is -0.133. The summed E-state index contributed by atoms with van der Waals surface area (Å²) in [4.78, 5) is 15.1. The third-order valence-corrected chi connectivity index (χ3v) is 7.22. The Bertz CT molecular complexity index is 633. The van der Waals surface area contributed by atoms with Gasteiger partial charge in [-0.2, -0.15) is 4.31 Å². The van der Waals surface area contributed by atoms with Crippen LogP contribution < -0.4 is 5.32 Å². The molecule has 2 rings (SSSR count). The molecule has 132 valence electrons. The number of halogens is 1. The molecule has 0 aromatic carbocycles. The van der Waals surface area contributed by atoms with E-state index in [0.717, 1.165) is 11.3 Å². The molecule has 0 aliphatic carbocycles. The quantitative estimate of drug-likeness (QED) is 0.806. The molecule has 0 bridgehead atoms. The van der Waals surface area contributed by atoms with Crippen LogP contribution in [0.3, 0.4) is 0 Å². The van der Waals surface area contributed by atoms with Crippen LogP contribution in [0.15, 0.2) is 16.3 Å². The van der Waals surface area contributed by atoms with Gasteiger partial charge in [-0.3, -0.25) is 4.79 Å². The lowest BCUT2D eigenvalue weighted by Gasteiger charge is -2.27. The Labute approximate surface area is 148 Å². The third kappa shape index (κ3) is 4.45. The fourth-order valence-electron chi connectivity index (χ4n) is 2.59. The maximum absolute atomic E-state index is 12.8. The number of rotatable bonds is 6. The average Bonchev–Trinajstić information content (AvgIpc) is 3.12. The number of carbonyl (C=O) groups excluding carboxylic acids is 1. The van der Waals surface area contributed by atoms with Crippen LogP contribution in [0, 0.1) is 6.92 Å². The van der Waals surface area contributed by atoms with Crippen LogP contribution in [0.2, 0.25) is 0 Å². The number of thiophene rings is 1. The largest absolute Gasteiger partial charge is 0.343 e. The van der Waals surface area contributed by atoms with E-state index in [1.54, 1.807) is 24.1 Å². The van der Waals surface area contributed by atoms with Gasteiger partial charge in [-0.05, 0) is 38.9 Å². The van der Waals surface area contributed by atoms with Crippen LogP contribution in [0.1, 0.15) is 17.7 Å². The van der Waals surface area contributed by atoms with Crippen molar-refractivity contribution in [2.75, 3.05) is 33.7 Å². The number of hydrogen-bond donors (Lipinski definition) is 1. The van der Waals surface area contributed by atoms with E-state index in [4.69, 9.17) is 0 Å². The Morgan fingerprint density at radius 3 is 2.74 bits per heavy atom. The molecule has 23 heavy (non-hydrogen) atoms. The monoisotopic (exact) mass is 381 g/mol. The molecule has 1 unspecified atom stereocenters. The second kappa shape index (κ2) is 8.43. The van der Waals surface area contributed by atoms with Crippen molar-refractivity contribution in [3.05, 3.63) is 17.0 Å². The SMILES string of the molecule is CNCCN(C)C(=O)C1CCCN1S(=O)(=O)c1ccc(C)s1.Cl. The molecule has 2 heterocycles. The van der Waals surface area contributed by atoms with E-state index in [1.165, 1.54) is 15.6 Å². The van der Waals surface area contributed by atoms with Crippen LogP contribution in [-0.4, -0.2) is 63.3 Å². The molecule has 1 fully saturated rings. The number of nitrogens with zero attached hydrogens (tertiary/aromatic N) is 2. The fraction of sp³-hybridized carbons (Fsp3) is 0.643. The van der Waals surface area contributed by atoms with E-state index in [9.17, 15) is 13.2 Å². The van der Waals surface area contributed by atoms with Crippen LogP contribution in [0.5, 0.6) is 0 Å². The van der Waals surface area contributed by atoms with Gasteiger partial charge in [0.05, 0.1) is 0 Å². The fourth-order valence-corrected chi connectivity index (χ4v) is 5.65. The van der Waals surface area contributed by atoms with Crippen molar-refractivity contribution in [1.82, 2.24) is 14.5 Å². The Hall–Kier alpha value is -0.670. The van der Waals surface area contributed by atoms with Crippen molar-refractivity contribution in [2.24, 2.45) is 0 Å². The minimum Gasteiger partial charge on any atom is -0.343 e. The summed E-state index contributed by atoms with van der Waals surface area (Å²) in [6.45, 7) is 3.54. The summed E-state index contributed by atoms with van der Waals surface area (Å²) in [7, 11) is -0.0338. The van der Waals surface area contributed by atoms with Crippen molar-refractivity contribution >= 4 is 39.7 Å². The van der Waals surface area contributed by atoms with E-state index in [2.05, 4.69) is 5.32 Å². The van der Waals surface area contributed by atoms with Crippen molar-refractivity contribution in [3.8, 4) is 0 Å². The zero-order valence-corrected chi connectivity index (χ0v) is 16.1. The molecule has 0 saturated carbocycles. The minimum atomic E-state index is -3.58. The smallest absolute Gasteiger partial charge is 0.253 e. The molecule has 1 amide bonds. The van der Waals surface area contributed by atoms with Crippen molar-refractivity contribution in [1.29, 1.82) is 0 Å². The van der Waals surface area contributed by atoms with Gasteiger partial charge in [-0.1, -0.05) is 0 Å². The third-order valence-electron chi connectivity index (χ3n) is 3.84. The van der Waals surface area contributed by atoms with Gasteiger partial charge in [-0.25, -0.2) is 8.42 Å². The van der Waals surface area contributed by atoms with Gasteiger partial charge in [0.15, 0.2) is 0 Å². The predicted molar refractivity (Wildman–Crippen MR) is 94.8 cm³/mol. The molecular weight excluding hydrogens is 358 g/mol. The van der Waals surface area contributed by atoms with E-state index < -0.39 is 16.1 Å². The van der Waals surface area contributed by atoms with Crippen LogP contribution in [0.25, 0.3) is 0 Å². The molecule has 1 saturated heterocycles. The standard InChI is InChI=1S/C14H23N3O3S2.ClH/c1-11-6-7-13(21-11)22(19,20)17-9-4-5-12(17)14(18)16(3)10-8-15-2;/h6-7,12,15H,4-5,8-10H2,1-3H3;1H. The van der Waals surface area contributed by atoms with Gasteiger partial charge in [-0.15, -0.1) is 23.7 Å². The highest BCUT2D eigenvalue weighted by atomic mass is 35.5. The number of nitrogens with one attached hydrogen (secondary N) is 1. The first-order chi connectivity index (χ1) is 10.4. The Morgan fingerprint density at radius 2 is 2.17 bits per heavy atom. The molecule has 1 aromatic heterocycles. The molecule has 1 aliphatic rings. The van der Waals surface area contributed by atoms with Gasteiger partial charge < -0.3 is 10.2 Å². The molecular formula is C14H24ClN3O3S2. The normalized spacial score (nSPS) is 18.7. The van der Waals surface area contributed by atoms with E-state index in [-0.39, 0.29) is 18.3 Å². The van der Waals surface area contributed by atoms with E-state index >= 15 is 0 Å². The number of aryl methyl sites for hydroxylation is 1. The van der Waals surface area contributed by atoms with Crippen LogP contribution >= 0.6 is 23.7 Å². The summed E-state index contributed by atoms with van der Waals surface area (Å²) in [5.74, 6) is -0.121. The van der Waals surface area contributed by atoms with Gasteiger partial charge in [0.2, 0.25) is 5.91 Å². The van der Waals surface area contributed by atoms with E-state index in [0.29, 0.717) is 30.3 Å². The van der Waals surface area contributed by atoms with Gasteiger partial charge in [0, 0.05) is 31.6 Å². The summed E-state index contributed by atoms with van der Waals surface area (Å²) in [5, 5.41) is 2.99. The predicted octanol–water partition coefficient (Wildman–Crippen LogP) is 1.31. The number of sulfonamides is 1. The Kier molecular flexibility index (Phi) is 7.47. The lowest BCUT2D eigenvalue weighted by Crippen LogP contribution is -2.47. The average molecular weight is 382 g/mol. The highest BCUT2D eigenvalue weighted by molar-refractivity contribution is 7.91. The Balaban J connectivity index is 0.00000264. The second-order valence-corrected chi connectivity index (χ2v) is 8.91. The van der Waals surface area contributed by atoms with E-state index in [1.807, 2.05) is 14.0 Å². The molecule has 1 N–H and O–H groups in total. The molecule has 1 atom stereocenters. The first-order valence-corrected chi connectivity index (χ1v) is 9.61. The maximum Gasteiger partial charge on any atom is 0.253 e. The highest BCUT2D eigenvalue weighted by Crippen LogP contribution is 2.30. The van der Waals surface area contributed by atoms with Crippen LogP contribution in [-0.2, 0) is 14.8 Å². The maximum atomic E-state index is 12.8. The molecule has 6 nitrogen and oxygen atoms in total. The number of hydrogen-bond acceptors (Lipinski definition) is 5. The second-order valence-electron chi connectivity index (χ2n) is 5.50. The zero-order chi connectivity index (χ0) is 16.3. The summed E-state index contributed by atoms with van der Waals surface area (Å²) in [6, 6.07) is 2.85. The molecule has 9 heteroatoms. The van der Waals surface area contributed by atoms with Crippen LogP contribution in [0.4, 0.5) is 0 Å². The molecule has 1 aromatic rings. The topological polar surface area (TPSA) is 69.7 Å². The zero-order valence-electron chi connectivity index (χ0n) is 13.6. The molecule has 0 radical (unpaired) electrons. The summed E-state index contributed by atoms with van der Waals surface area (Å²) in [6.07, 6.45) is 1.31. The minimum absolute atomic E-state index is 0. The number of amides is 1. The van der Waals surface area contributed by atoms with Crippen molar-refractivity contribution < 1.29 is 13.2 Å². The lowest BCUT2D eigenvalue weighted by atomic mass is 10.2. The highest BCUT2D eigenvalue weighted by Gasteiger charge is 2.40. The number of carbonyl (C=O) groups is 1.